The van der Waals surface area contributed by atoms with Crippen LogP contribution in [0.15, 0.2) is 30.3 Å². The van der Waals surface area contributed by atoms with Gasteiger partial charge in [0, 0.05) is 37.8 Å². The van der Waals surface area contributed by atoms with Gasteiger partial charge in [0.15, 0.2) is 11.5 Å². The third-order valence-electron chi connectivity index (χ3n) is 6.03. The van der Waals surface area contributed by atoms with Crippen molar-refractivity contribution < 1.29 is 19.2 Å². The molecule has 2 aromatic carbocycles. The number of hydrogen-bond acceptors (Lipinski definition) is 6. The van der Waals surface area contributed by atoms with Crippen LogP contribution in [-0.2, 0) is 13.0 Å². The lowest BCUT2D eigenvalue weighted by Crippen LogP contribution is -2.36. The second-order valence-electron chi connectivity index (χ2n) is 8.07. The van der Waals surface area contributed by atoms with E-state index in [0.29, 0.717) is 49.7 Å². The van der Waals surface area contributed by atoms with Crippen molar-refractivity contribution in [3.63, 3.8) is 0 Å². The Bertz CT molecular complexity index is 1020. The lowest BCUT2D eigenvalue weighted by atomic mass is 9.98. The molecule has 1 fully saturated rings. The zero-order chi connectivity index (χ0) is 22.7. The van der Waals surface area contributed by atoms with Crippen molar-refractivity contribution in [1.82, 2.24) is 4.90 Å². The Labute approximate surface area is 187 Å². The molecule has 1 saturated heterocycles. The van der Waals surface area contributed by atoms with E-state index < -0.39 is 0 Å². The van der Waals surface area contributed by atoms with Crippen molar-refractivity contribution in [3.05, 3.63) is 57.1 Å². The van der Waals surface area contributed by atoms with Crippen molar-refractivity contribution in [1.29, 1.82) is 0 Å². The Kier molecular flexibility index (Phi) is 6.48. The van der Waals surface area contributed by atoms with Gasteiger partial charge in [0.2, 0.25) is 0 Å². The van der Waals surface area contributed by atoms with Crippen LogP contribution in [0, 0.1) is 10.1 Å². The summed E-state index contributed by atoms with van der Waals surface area (Å²) in [6.45, 7) is 7.53. The molecule has 170 valence electrons. The van der Waals surface area contributed by atoms with Gasteiger partial charge in [-0.2, -0.15) is 0 Å². The predicted octanol–water partition coefficient (Wildman–Crippen LogP) is 4.19. The second kappa shape index (κ2) is 9.46. The number of nitro groups is 1. The van der Waals surface area contributed by atoms with Gasteiger partial charge < -0.3 is 19.3 Å². The van der Waals surface area contributed by atoms with Crippen LogP contribution < -0.4 is 14.4 Å². The van der Waals surface area contributed by atoms with Gasteiger partial charge >= 0.3 is 0 Å². The summed E-state index contributed by atoms with van der Waals surface area (Å²) in [6.07, 6.45) is 2.75. The van der Waals surface area contributed by atoms with Crippen LogP contribution in [0.2, 0.25) is 0 Å². The fraction of sp³-hybridized carbons (Fsp3) is 0.458. The molecular formula is C24H29N3O5. The number of rotatable bonds is 7. The van der Waals surface area contributed by atoms with Gasteiger partial charge in [0.05, 0.1) is 18.1 Å². The van der Waals surface area contributed by atoms with E-state index in [0.717, 1.165) is 42.8 Å². The number of nitrogens with zero attached hydrogens (tertiary/aromatic N) is 3. The Morgan fingerprint density at radius 3 is 2.28 bits per heavy atom. The Balaban J connectivity index is 1.58. The Morgan fingerprint density at radius 2 is 1.66 bits per heavy atom. The van der Waals surface area contributed by atoms with E-state index in [2.05, 4.69) is 0 Å². The predicted molar refractivity (Wildman–Crippen MR) is 122 cm³/mol. The van der Waals surface area contributed by atoms with Crippen LogP contribution in [0.4, 0.5) is 11.4 Å². The lowest BCUT2D eigenvalue weighted by molar-refractivity contribution is -0.384. The summed E-state index contributed by atoms with van der Waals surface area (Å²) >= 11 is 0. The van der Waals surface area contributed by atoms with Crippen LogP contribution in [-0.4, -0.2) is 48.6 Å². The smallest absolute Gasteiger partial charge is 0.293 e. The molecule has 8 nitrogen and oxygen atoms in total. The molecule has 0 atom stereocenters. The number of ether oxygens (including phenoxy) is 2. The molecule has 32 heavy (non-hydrogen) atoms. The van der Waals surface area contributed by atoms with Crippen LogP contribution in [0.3, 0.4) is 0 Å². The molecule has 2 heterocycles. The summed E-state index contributed by atoms with van der Waals surface area (Å²) in [7, 11) is 0. The first kappa shape index (κ1) is 21.9. The molecule has 0 aliphatic carbocycles. The number of anilines is 1. The molecule has 0 spiro atoms. The quantitative estimate of drug-likeness (QED) is 0.475. The molecule has 0 N–H and O–H groups in total. The van der Waals surface area contributed by atoms with Crippen LogP contribution in [0.25, 0.3) is 0 Å². The molecule has 4 rings (SSSR count). The highest BCUT2D eigenvalue weighted by Gasteiger charge is 2.27. The molecule has 1 amide bonds. The number of benzene rings is 2. The molecule has 0 saturated carbocycles. The highest BCUT2D eigenvalue weighted by atomic mass is 16.6. The van der Waals surface area contributed by atoms with Gasteiger partial charge in [-0.15, -0.1) is 0 Å². The fourth-order valence-corrected chi connectivity index (χ4v) is 4.48. The van der Waals surface area contributed by atoms with Gasteiger partial charge in [-0.3, -0.25) is 14.9 Å². The highest BCUT2D eigenvalue weighted by Crippen LogP contribution is 2.35. The largest absolute Gasteiger partial charge is 0.490 e. The maximum atomic E-state index is 13.2. The standard InChI is InChI=1S/C24H29N3O5/c1-3-31-22-14-17-9-12-26(16-19(17)15-23(22)32-4-2)24(28)18-7-8-20(21(13-18)27(29)30)25-10-5-6-11-25/h7-8,13-15H,3-6,9-12,16H2,1-2H3. The van der Waals surface area contributed by atoms with Crippen molar-refractivity contribution in [2.45, 2.75) is 39.7 Å². The normalized spacial score (nSPS) is 15.4. The van der Waals surface area contributed by atoms with Crippen molar-refractivity contribution in [2.75, 3.05) is 37.7 Å². The third kappa shape index (κ3) is 4.35. The zero-order valence-corrected chi connectivity index (χ0v) is 18.6. The first-order valence-electron chi connectivity index (χ1n) is 11.3. The van der Waals surface area contributed by atoms with Crippen molar-refractivity contribution in [2.24, 2.45) is 0 Å². The SMILES string of the molecule is CCOc1cc2c(cc1OCC)CN(C(=O)c1ccc(N3CCCC3)c([N+](=O)[O-])c1)CC2. The van der Waals surface area contributed by atoms with E-state index in [1.807, 2.05) is 30.9 Å². The minimum absolute atomic E-state index is 0.00449. The summed E-state index contributed by atoms with van der Waals surface area (Å²) in [4.78, 5) is 28.3. The van der Waals surface area contributed by atoms with Crippen molar-refractivity contribution >= 4 is 17.3 Å². The van der Waals surface area contributed by atoms with Gasteiger partial charge in [0.1, 0.15) is 5.69 Å². The molecule has 0 radical (unpaired) electrons. The lowest BCUT2D eigenvalue weighted by Gasteiger charge is -2.30. The first-order valence-corrected chi connectivity index (χ1v) is 11.3. The van der Waals surface area contributed by atoms with Gasteiger partial charge in [-0.25, -0.2) is 0 Å². The van der Waals surface area contributed by atoms with Gasteiger partial charge in [0.25, 0.3) is 11.6 Å². The number of amides is 1. The zero-order valence-electron chi connectivity index (χ0n) is 18.6. The number of nitro benzene ring substituents is 1. The summed E-state index contributed by atoms with van der Waals surface area (Å²) < 4.78 is 11.4. The van der Waals surface area contributed by atoms with E-state index >= 15 is 0 Å². The van der Waals surface area contributed by atoms with Gasteiger partial charge in [-0.1, -0.05) is 0 Å². The van der Waals surface area contributed by atoms with E-state index in [1.165, 1.54) is 6.07 Å². The molecule has 2 aromatic rings. The number of fused-ring (bicyclic) bond motifs is 1. The number of carbonyl (C=O) groups is 1. The maximum Gasteiger partial charge on any atom is 0.293 e. The highest BCUT2D eigenvalue weighted by molar-refractivity contribution is 5.96. The molecule has 0 aromatic heterocycles. The molecule has 0 unspecified atom stereocenters. The van der Waals surface area contributed by atoms with Crippen LogP contribution in [0.1, 0.15) is 48.2 Å². The van der Waals surface area contributed by atoms with Crippen molar-refractivity contribution in [3.8, 4) is 11.5 Å². The van der Waals surface area contributed by atoms with E-state index in [9.17, 15) is 14.9 Å². The fourth-order valence-electron chi connectivity index (χ4n) is 4.48. The second-order valence-corrected chi connectivity index (χ2v) is 8.07. The van der Waals surface area contributed by atoms with E-state index in [1.54, 1.807) is 17.0 Å². The van der Waals surface area contributed by atoms with E-state index in [4.69, 9.17) is 9.47 Å². The summed E-state index contributed by atoms with van der Waals surface area (Å²) in [5.74, 6) is 1.20. The summed E-state index contributed by atoms with van der Waals surface area (Å²) in [5, 5.41) is 11.7. The first-order chi connectivity index (χ1) is 15.5. The van der Waals surface area contributed by atoms with Gasteiger partial charge in [-0.05, 0) is 68.5 Å². The topological polar surface area (TPSA) is 85.2 Å². The Hall–Kier alpha value is -3.29. The average Bonchev–Trinajstić information content (AvgIpc) is 3.33. The monoisotopic (exact) mass is 439 g/mol. The summed E-state index contributed by atoms with van der Waals surface area (Å²) in [6, 6.07) is 8.80. The van der Waals surface area contributed by atoms with E-state index in [-0.39, 0.29) is 16.5 Å². The molecular weight excluding hydrogens is 410 g/mol. The maximum absolute atomic E-state index is 13.2. The summed E-state index contributed by atoms with van der Waals surface area (Å²) in [5.41, 5.74) is 3.09. The Morgan fingerprint density at radius 1 is 1.00 bits per heavy atom. The minimum atomic E-state index is -0.389. The minimum Gasteiger partial charge on any atom is -0.490 e. The molecule has 2 aliphatic heterocycles. The average molecular weight is 440 g/mol. The number of carbonyl (C=O) groups excluding carboxylic acids is 1. The number of hydrogen-bond donors (Lipinski definition) is 0. The third-order valence-corrected chi connectivity index (χ3v) is 6.03. The van der Waals surface area contributed by atoms with Crippen LogP contribution >= 0.6 is 0 Å². The van der Waals surface area contributed by atoms with Crippen LogP contribution in [0.5, 0.6) is 11.5 Å². The molecule has 0 bridgehead atoms. The molecule has 2 aliphatic rings. The molecule has 8 heteroatoms.